The van der Waals surface area contributed by atoms with Crippen LogP contribution in [0.15, 0.2) is 29.4 Å². The van der Waals surface area contributed by atoms with Crippen LogP contribution in [-0.2, 0) is 17.7 Å². The van der Waals surface area contributed by atoms with E-state index in [2.05, 4.69) is 36.3 Å². The summed E-state index contributed by atoms with van der Waals surface area (Å²) in [6.45, 7) is 8.02. The van der Waals surface area contributed by atoms with Gasteiger partial charge >= 0.3 is 0 Å². The lowest BCUT2D eigenvalue weighted by molar-refractivity contribution is -0.170. The molecule has 0 aliphatic rings. The van der Waals surface area contributed by atoms with Gasteiger partial charge in [0.25, 0.3) is 0 Å². The van der Waals surface area contributed by atoms with Gasteiger partial charge in [-0.15, -0.1) is 0 Å². The van der Waals surface area contributed by atoms with Crippen LogP contribution in [0.25, 0.3) is 0 Å². The third-order valence-corrected chi connectivity index (χ3v) is 2.96. The Bertz CT molecular complexity index is 433. The first kappa shape index (κ1) is 16.5. The molecule has 112 valence electrons. The van der Waals surface area contributed by atoms with E-state index >= 15 is 0 Å². The van der Waals surface area contributed by atoms with Gasteiger partial charge in [-0.3, -0.25) is 4.84 Å². The van der Waals surface area contributed by atoms with Crippen molar-refractivity contribution in [3.63, 3.8) is 0 Å². The Morgan fingerprint density at radius 3 is 2.20 bits per heavy atom. The molecule has 0 heterocycles. The van der Waals surface area contributed by atoms with E-state index in [0.29, 0.717) is 12.3 Å². The van der Waals surface area contributed by atoms with E-state index in [1.807, 2.05) is 20.8 Å². The highest BCUT2D eigenvalue weighted by atomic mass is 16.7. The van der Waals surface area contributed by atoms with Crippen LogP contribution >= 0.6 is 0 Å². The number of oxime groups is 1. The monoisotopic (exact) mass is 278 g/mol. The van der Waals surface area contributed by atoms with Gasteiger partial charge in [0.2, 0.25) is 0 Å². The van der Waals surface area contributed by atoms with Gasteiger partial charge in [0.05, 0.1) is 5.60 Å². The number of rotatable bonds is 5. The molecule has 0 spiro atoms. The Morgan fingerprint density at radius 1 is 1.20 bits per heavy atom. The lowest BCUT2D eigenvalue weighted by Gasteiger charge is -2.28. The summed E-state index contributed by atoms with van der Waals surface area (Å²) < 4.78 is 0. The van der Waals surface area contributed by atoms with Crippen molar-refractivity contribution in [2.24, 2.45) is 5.16 Å². The number of benzene rings is 1. The Balaban J connectivity index is 2.56. The van der Waals surface area contributed by atoms with Crippen LogP contribution in [-0.4, -0.2) is 28.8 Å². The first-order chi connectivity index (χ1) is 9.35. The second kappa shape index (κ2) is 7.29. The van der Waals surface area contributed by atoms with E-state index < -0.39 is 0 Å². The number of amidine groups is 1. The maximum absolute atomic E-state index is 9.12. The standard InChI is InChI=1S/C16H26N2O2/c1-6-13-7-9-14(10-8-13)11-12-15(17-19)18(5)20-16(2,3)4/h7-10,19H,6,11-12H2,1-5H3/b17-15-. The Morgan fingerprint density at radius 2 is 1.75 bits per heavy atom. The van der Waals surface area contributed by atoms with Gasteiger partial charge in [-0.25, -0.2) is 5.06 Å². The second-order valence-electron chi connectivity index (χ2n) is 5.89. The van der Waals surface area contributed by atoms with Gasteiger partial charge < -0.3 is 5.21 Å². The molecule has 1 rings (SSSR count). The zero-order valence-corrected chi connectivity index (χ0v) is 13.2. The lowest BCUT2D eigenvalue weighted by Crippen LogP contribution is -2.35. The van der Waals surface area contributed by atoms with Crippen LogP contribution in [0.2, 0.25) is 0 Å². The molecule has 1 aromatic carbocycles. The zero-order valence-electron chi connectivity index (χ0n) is 13.2. The SMILES string of the molecule is CCc1ccc(CC/C(=N/O)N(C)OC(C)(C)C)cc1. The van der Waals surface area contributed by atoms with Crippen LogP contribution in [0.4, 0.5) is 0 Å². The van der Waals surface area contributed by atoms with Crippen molar-refractivity contribution in [3.8, 4) is 0 Å². The summed E-state index contributed by atoms with van der Waals surface area (Å²) in [4.78, 5) is 5.66. The molecule has 0 fully saturated rings. The molecule has 1 N–H and O–H groups in total. The van der Waals surface area contributed by atoms with Crippen LogP contribution in [0.1, 0.15) is 45.2 Å². The van der Waals surface area contributed by atoms with Crippen LogP contribution in [0.5, 0.6) is 0 Å². The number of aryl methyl sites for hydroxylation is 2. The van der Waals surface area contributed by atoms with Gasteiger partial charge in [0.15, 0.2) is 5.84 Å². The molecule has 0 unspecified atom stereocenters. The predicted molar refractivity (Wildman–Crippen MR) is 82.0 cm³/mol. The summed E-state index contributed by atoms with van der Waals surface area (Å²) in [5, 5.41) is 14.0. The number of hydrogen-bond donors (Lipinski definition) is 1. The number of nitrogens with zero attached hydrogens (tertiary/aromatic N) is 2. The van der Waals surface area contributed by atoms with Crippen LogP contribution in [0, 0.1) is 0 Å². The van der Waals surface area contributed by atoms with Crippen molar-refractivity contribution < 1.29 is 10.0 Å². The second-order valence-corrected chi connectivity index (χ2v) is 5.89. The summed E-state index contributed by atoms with van der Waals surface area (Å²) >= 11 is 0. The molecular weight excluding hydrogens is 252 g/mol. The molecule has 4 nitrogen and oxygen atoms in total. The minimum absolute atomic E-state index is 0.312. The third kappa shape index (κ3) is 5.61. The minimum Gasteiger partial charge on any atom is -0.409 e. The number of hydroxylamine groups is 2. The average molecular weight is 278 g/mol. The lowest BCUT2D eigenvalue weighted by atomic mass is 10.1. The fourth-order valence-corrected chi connectivity index (χ4v) is 1.93. The highest BCUT2D eigenvalue weighted by Crippen LogP contribution is 2.12. The fourth-order valence-electron chi connectivity index (χ4n) is 1.93. The van der Waals surface area contributed by atoms with Gasteiger partial charge in [-0.05, 0) is 44.7 Å². The molecular formula is C16H26N2O2. The third-order valence-electron chi connectivity index (χ3n) is 2.96. The smallest absolute Gasteiger partial charge is 0.168 e. The highest BCUT2D eigenvalue weighted by Gasteiger charge is 2.17. The molecule has 0 aromatic heterocycles. The maximum atomic E-state index is 9.12. The van der Waals surface area contributed by atoms with E-state index in [1.165, 1.54) is 11.1 Å². The van der Waals surface area contributed by atoms with Gasteiger partial charge in [-0.1, -0.05) is 36.3 Å². The molecule has 4 heteroatoms. The summed E-state index contributed by atoms with van der Waals surface area (Å²) in [5.74, 6) is 0.527. The van der Waals surface area contributed by atoms with Gasteiger partial charge in [-0.2, -0.15) is 0 Å². The summed E-state index contributed by atoms with van der Waals surface area (Å²) in [6, 6.07) is 8.53. The van der Waals surface area contributed by atoms with Gasteiger partial charge in [0.1, 0.15) is 0 Å². The summed E-state index contributed by atoms with van der Waals surface area (Å²) in [5.41, 5.74) is 2.25. The molecule has 0 atom stereocenters. The predicted octanol–water partition coefficient (Wildman–Crippen LogP) is 3.63. The normalized spacial score (nSPS) is 12.6. The first-order valence-electron chi connectivity index (χ1n) is 7.07. The zero-order chi connectivity index (χ0) is 15.2. The molecule has 20 heavy (non-hydrogen) atoms. The molecule has 0 saturated carbocycles. The quantitative estimate of drug-likeness (QED) is 0.387. The Labute approximate surface area is 122 Å². The molecule has 0 aliphatic heterocycles. The largest absolute Gasteiger partial charge is 0.409 e. The van der Waals surface area contributed by atoms with Crippen molar-refractivity contribution in [2.45, 2.75) is 52.6 Å². The van der Waals surface area contributed by atoms with E-state index in [-0.39, 0.29) is 5.60 Å². The van der Waals surface area contributed by atoms with Crippen LogP contribution < -0.4 is 0 Å². The van der Waals surface area contributed by atoms with Crippen molar-refractivity contribution in [1.82, 2.24) is 5.06 Å². The molecule has 0 amide bonds. The Hall–Kier alpha value is -1.55. The molecule has 0 saturated heterocycles. The van der Waals surface area contributed by atoms with E-state index in [9.17, 15) is 0 Å². The summed E-state index contributed by atoms with van der Waals surface area (Å²) in [6.07, 6.45) is 2.50. The topological polar surface area (TPSA) is 45.1 Å². The average Bonchev–Trinajstić information content (AvgIpc) is 2.38. The van der Waals surface area contributed by atoms with Gasteiger partial charge in [0, 0.05) is 13.5 Å². The van der Waals surface area contributed by atoms with Crippen molar-refractivity contribution >= 4 is 5.84 Å². The summed E-state index contributed by atoms with van der Waals surface area (Å²) in [7, 11) is 1.76. The van der Waals surface area contributed by atoms with Crippen molar-refractivity contribution in [2.75, 3.05) is 7.05 Å². The fraction of sp³-hybridized carbons (Fsp3) is 0.562. The Kier molecular flexibility index (Phi) is 6.02. The van der Waals surface area contributed by atoms with Crippen LogP contribution in [0.3, 0.4) is 0 Å². The van der Waals surface area contributed by atoms with Crippen molar-refractivity contribution in [1.29, 1.82) is 0 Å². The van der Waals surface area contributed by atoms with E-state index in [1.54, 1.807) is 12.1 Å². The number of hydrogen-bond acceptors (Lipinski definition) is 3. The van der Waals surface area contributed by atoms with Crippen molar-refractivity contribution in [3.05, 3.63) is 35.4 Å². The molecule has 1 aromatic rings. The van der Waals surface area contributed by atoms with E-state index in [0.717, 1.165) is 12.8 Å². The highest BCUT2D eigenvalue weighted by molar-refractivity contribution is 5.80. The molecule has 0 aliphatic carbocycles. The van der Waals surface area contributed by atoms with E-state index in [4.69, 9.17) is 10.0 Å². The molecule has 0 bridgehead atoms. The minimum atomic E-state index is -0.312. The first-order valence-corrected chi connectivity index (χ1v) is 7.07. The maximum Gasteiger partial charge on any atom is 0.168 e. The molecule has 0 radical (unpaired) electrons.